The lowest BCUT2D eigenvalue weighted by atomic mass is 9.96. The number of nitrogens with one attached hydrogen (secondary N) is 1. The summed E-state index contributed by atoms with van der Waals surface area (Å²) in [5.41, 5.74) is 4.57. The van der Waals surface area contributed by atoms with Crippen LogP contribution in [0.15, 0.2) is 54.6 Å². The van der Waals surface area contributed by atoms with Crippen molar-refractivity contribution in [2.24, 2.45) is 0 Å². The second kappa shape index (κ2) is 9.46. The fourth-order valence-electron chi connectivity index (χ4n) is 2.29. The van der Waals surface area contributed by atoms with Crippen LogP contribution in [0.1, 0.15) is 11.1 Å². The van der Waals surface area contributed by atoms with E-state index in [-0.39, 0.29) is 12.7 Å². The van der Waals surface area contributed by atoms with Gasteiger partial charge in [0.2, 0.25) is 0 Å². The number of amides is 1. The highest BCUT2D eigenvalue weighted by molar-refractivity contribution is 5.99. The standard InChI is InChI=1S/C19H21NO5/c1-22-13-25-18-7-5-4-6-16(18)17(12-19(21)20-24-3)14-8-10-15(23-2)11-9-14/h4-12H,13H2,1-3H3,(H,20,21)/b17-12-. The Bertz CT molecular complexity index is 725. The third-order valence-corrected chi connectivity index (χ3v) is 3.39. The monoisotopic (exact) mass is 343 g/mol. The Morgan fingerprint density at radius 1 is 1.04 bits per heavy atom. The van der Waals surface area contributed by atoms with Crippen LogP contribution >= 0.6 is 0 Å². The van der Waals surface area contributed by atoms with Crippen LogP contribution in [0.25, 0.3) is 5.57 Å². The Labute approximate surface area is 146 Å². The highest BCUT2D eigenvalue weighted by Crippen LogP contribution is 2.32. The molecule has 6 nitrogen and oxygen atoms in total. The first-order valence-corrected chi connectivity index (χ1v) is 7.59. The molecule has 0 aliphatic rings. The van der Waals surface area contributed by atoms with Gasteiger partial charge >= 0.3 is 0 Å². The molecule has 0 saturated carbocycles. The maximum atomic E-state index is 12.0. The minimum Gasteiger partial charge on any atom is -0.497 e. The topological polar surface area (TPSA) is 66.0 Å². The molecule has 2 aromatic rings. The van der Waals surface area contributed by atoms with Gasteiger partial charge in [-0.2, -0.15) is 0 Å². The highest BCUT2D eigenvalue weighted by Gasteiger charge is 2.13. The minimum absolute atomic E-state index is 0.108. The Morgan fingerprint density at radius 2 is 1.76 bits per heavy atom. The van der Waals surface area contributed by atoms with Gasteiger partial charge in [-0.1, -0.05) is 30.3 Å². The Balaban J connectivity index is 2.49. The van der Waals surface area contributed by atoms with Gasteiger partial charge in [-0.05, 0) is 29.3 Å². The molecular formula is C19H21NO5. The third-order valence-electron chi connectivity index (χ3n) is 3.39. The van der Waals surface area contributed by atoms with Crippen molar-refractivity contribution in [3.8, 4) is 11.5 Å². The van der Waals surface area contributed by atoms with E-state index < -0.39 is 0 Å². The molecule has 0 unspecified atom stereocenters. The Hall–Kier alpha value is -2.83. The van der Waals surface area contributed by atoms with E-state index >= 15 is 0 Å². The van der Waals surface area contributed by atoms with Crippen molar-refractivity contribution in [2.45, 2.75) is 0 Å². The van der Waals surface area contributed by atoms with E-state index in [2.05, 4.69) is 5.48 Å². The Morgan fingerprint density at radius 3 is 2.40 bits per heavy atom. The van der Waals surface area contributed by atoms with E-state index in [1.54, 1.807) is 14.2 Å². The molecule has 0 aliphatic carbocycles. The number of hydrogen-bond acceptors (Lipinski definition) is 5. The average molecular weight is 343 g/mol. The van der Waals surface area contributed by atoms with E-state index in [1.807, 2.05) is 48.5 Å². The summed E-state index contributed by atoms with van der Waals surface area (Å²) in [5.74, 6) is 0.958. The predicted molar refractivity (Wildman–Crippen MR) is 94.2 cm³/mol. The molecule has 0 fully saturated rings. The molecule has 1 N–H and O–H groups in total. The molecule has 0 bridgehead atoms. The van der Waals surface area contributed by atoms with Gasteiger partial charge in [0.1, 0.15) is 11.5 Å². The van der Waals surface area contributed by atoms with Crippen molar-refractivity contribution in [1.29, 1.82) is 0 Å². The van der Waals surface area contributed by atoms with Crippen LogP contribution in [-0.2, 0) is 14.4 Å². The van der Waals surface area contributed by atoms with Crippen LogP contribution in [0.2, 0.25) is 0 Å². The summed E-state index contributed by atoms with van der Waals surface area (Å²) in [7, 11) is 4.54. The molecule has 132 valence electrons. The zero-order valence-electron chi connectivity index (χ0n) is 14.4. The fourth-order valence-corrected chi connectivity index (χ4v) is 2.29. The number of hydrogen-bond donors (Lipinski definition) is 1. The summed E-state index contributed by atoms with van der Waals surface area (Å²) in [4.78, 5) is 16.7. The molecular weight excluding hydrogens is 322 g/mol. The normalized spacial score (nSPS) is 11.1. The molecule has 2 rings (SSSR count). The average Bonchev–Trinajstić information content (AvgIpc) is 2.65. The molecule has 0 saturated heterocycles. The van der Waals surface area contributed by atoms with Crippen LogP contribution in [-0.4, -0.2) is 34.0 Å². The number of methoxy groups -OCH3 is 2. The second-order valence-corrected chi connectivity index (χ2v) is 5.00. The molecule has 0 heterocycles. The maximum absolute atomic E-state index is 12.0. The van der Waals surface area contributed by atoms with Gasteiger partial charge in [-0.15, -0.1) is 0 Å². The lowest BCUT2D eigenvalue weighted by Crippen LogP contribution is -2.19. The summed E-state index contributed by atoms with van der Waals surface area (Å²) in [6, 6.07) is 14.8. The molecule has 0 radical (unpaired) electrons. The molecule has 2 aromatic carbocycles. The van der Waals surface area contributed by atoms with Crippen LogP contribution in [0.4, 0.5) is 0 Å². The summed E-state index contributed by atoms with van der Waals surface area (Å²) in [5, 5.41) is 0. The number of carbonyl (C=O) groups excluding carboxylic acids is 1. The largest absolute Gasteiger partial charge is 0.497 e. The summed E-state index contributed by atoms with van der Waals surface area (Å²) in [6.07, 6.45) is 1.46. The first kappa shape index (κ1) is 18.5. The van der Waals surface area contributed by atoms with Crippen LogP contribution in [0.3, 0.4) is 0 Å². The van der Waals surface area contributed by atoms with Gasteiger partial charge in [0, 0.05) is 18.7 Å². The maximum Gasteiger partial charge on any atom is 0.268 e. The van der Waals surface area contributed by atoms with E-state index in [4.69, 9.17) is 19.0 Å². The van der Waals surface area contributed by atoms with Crippen LogP contribution < -0.4 is 15.0 Å². The van der Waals surface area contributed by atoms with E-state index in [0.29, 0.717) is 11.3 Å². The highest BCUT2D eigenvalue weighted by atomic mass is 16.7. The second-order valence-electron chi connectivity index (χ2n) is 5.00. The van der Waals surface area contributed by atoms with Crippen LogP contribution in [0, 0.1) is 0 Å². The number of hydroxylamine groups is 1. The number of carbonyl (C=O) groups is 1. The molecule has 6 heteroatoms. The van der Waals surface area contributed by atoms with Crippen LogP contribution in [0.5, 0.6) is 11.5 Å². The molecule has 0 spiro atoms. The predicted octanol–water partition coefficient (Wildman–Crippen LogP) is 2.79. The van der Waals surface area contributed by atoms with Crippen molar-refractivity contribution < 1.29 is 23.8 Å². The molecule has 0 aromatic heterocycles. The molecule has 0 aliphatic heterocycles. The van der Waals surface area contributed by atoms with Gasteiger partial charge in [0.05, 0.1) is 14.2 Å². The van der Waals surface area contributed by atoms with Gasteiger partial charge in [0.25, 0.3) is 5.91 Å². The van der Waals surface area contributed by atoms with Gasteiger partial charge < -0.3 is 14.2 Å². The van der Waals surface area contributed by atoms with Gasteiger partial charge in [-0.25, -0.2) is 5.48 Å². The molecule has 0 atom stereocenters. The van der Waals surface area contributed by atoms with E-state index in [1.165, 1.54) is 13.2 Å². The van der Waals surface area contributed by atoms with Crippen molar-refractivity contribution in [3.05, 3.63) is 65.7 Å². The number of benzene rings is 2. The van der Waals surface area contributed by atoms with E-state index in [0.717, 1.165) is 16.9 Å². The zero-order chi connectivity index (χ0) is 18.1. The van der Waals surface area contributed by atoms with Gasteiger partial charge in [-0.3, -0.25) is 9.63 Å². The number of para-hydroxylation sites is 1. The van der Waals surface area contributed by atoms with Gasteiger partial charge in [0.15, 0.2) is 6.79 Å². The smallest absolute Gasteiger partial charge is 0.268 e. The quantitative estimate of drug-likeness (QED) is 0.454. The molecule has 25 heavy (non-hydrogen) atoms. The molecule has 1 amide bonds. The third kappa shape index (κ3) is 5.07. The number of ether oxygens (including phenoxy) is 3. The lowest BCUT2D eigenvalue weighted by Gasteiger charge is -2.14. The summed E-state index contributed by atoms with van der Waals surface area (Å²) >= 11 is 0. The van der Waals surface area contributed by atoms with E-state index in [9.17, 15) is 4.79 Å². The lowest BCUT2D eigenvalue weighted by molar-refractivity contribution is -0.126. The summed E-state index contributed by atoms with van der Waals surface area (Å²) in [6.45, 7) is 0.108. The Kier molecular flexibility index (Phi) is 7.00. The van der Waals surface area contributed by atoms with Crippen molar-refractivity contribution in [2.75, 3.05) is 28.1 Å². The number of rotatable bonds is 8. The first-order valence-electron chi connectivity index (χ1n) is 7.59. The van der Waals surface area contributed by atoms with Crippen molar-refractivity contribution in [3.63, 3.8) is 0 Å². The minimum atomic E-state index is -0.380. The summed E-state index contributed by atoms with van der Waals surface area (Å²) < 4.78 is 15.8. The van der Waals surface area contributed by atoms with Crippen molar-refractivity contribution in [1.82, 2.24) is 5.48 Å². The fraction of sp³-hybridized carbons (Fsp3) is 0.211. The first-order chi connectivity index (χ1) is 12.2. The zero-order valence-corrected chi connectivity index (χ0v) is 14.4. The SMILES string of the molecule is COCOc1ccccc1/C(=C\C(=O)NOC)c1ccc(OC)cc1. The van der Waals surface area contributed by atoms with Crippen molar-refractivity contribution >= 4 is 11.5 Å².